The summed E-state index contributed by atoms with van der Waals surface area (Å²) in [4.78, 5) is 27.1. The average Bonchev–Trinajstić information content (AvgIpc) is 3.02. The lowest BCUT2D eigenvalue weighted by molar-refractivity contribution is -0.116. The second kappa shape index (κ2) is 8.99. The van der Waals surface area contributed by atoms with Crippen molar-refractivity contribution in [2.75, 3.05) is 18.9 Å². The number of rotatable bonds is 6. The van der Waals surface area contributed by atoms with Crippen LogP contribution >= 0.6 is 0 Å². The highest BCUT2D eigenvalue weighted by molar-refractivity contribution is 6.00. The number of hydrogen-bond acceptors (Lipinski definition) is 2. The molecule has 0 aliphatic rings. The number of likely N-dealkylation sites (N-methyl/N-ethyl adjacent to an activating group) is 1. The van der Waals surface area contributed by atoms with Crippen LogP contribution in [0, 0.1) is 20.8 Å². The zero-order chi connectivity index (χ0) is 21.8. The van der Waals surface area contributed by atoms with Crippen LogP contribution in [-0.4, -0.2) is 34.9 Å². The number of hydrogen-bond donors (Lipinski definition) is 1. The van der Waals surface area contributed by atoms with E-state index in [-0.39, 0.29) is 18.4 Å². The molecule has 5 heteroatoms. The van der Waals surface area contributed by atoms with E-state index in [0.717, 1.165) is 40.3 Å². The average molecular weight is 404 g/mol. The highest BCUT2D eigenvalue weighted by atomic mass is 16.2. The Bertz CT molecular complexity index is 1080. The van der Waals surface area contributed by atoms with Gasteiger partial charge >= 0.3 is 0 Å². The lowest BCUT2D eigenvalue weighted by Crippen LogP contribution is -2.35. The fourth-order valence-electron chi connectivity index (χ4n) is 3.80. The van der Waals surface area contributed by atoms with Crippen molar-refractivity contribution in [1.29, 1.82) is 0 Å². The minimum atomic E-state index is -0.209. The molecule has 0 aliphatic heterocycles. The van der Waals surface area contributed by atoms with Crippen LogP contribution in [0.1, 0.15) is 39.8 Å². The number of nitrogens with zero attached hydrogens (tertiary/aromatic N) is 2. The van der Waals surface area contributed by atoms with E-state index in [1.54, 1.807) is 7.05 Å². The first-order chi connectivity index (χ1) is 14.3. The summed E-state index contributed by atoms with van der Waals surface area (Å²) < 4.78 is 2.09. The van der Waals surface area contributed by atoms with Gasteiger partial charge in [-0.15, -0.1) is 0 Å². The van der Waals surface area contributed by atoms with Gasteiger partial charge in [-0.25, -0.2) is 0 Å². The molecule has 0 saturated heterocycles. The molecular formula is C25H29N3O2. The van der Waals surface area contributed by atoms with Gasteiger partial charge in [0.05, 0.1) is 12.1 Å². The van der Waals surface area contributed by atoms with Gasteiger partial charge in [0.25, 0.3) is 5.91 Å². The van der Waals surface area contributed by atoms with Crippen molar-refractivity contribution in [1.82, 2.24) is 9.47 Å². The van der Waals surface area contributed by atoms with Crippen LogP contribution < -0.4 is 5.32 Å². The van der Waals surface area contributed by atoms with Gasteiger partial charge in [-0.2, -0.15) is 0 Å². The minimum absolute atomic E-state index is 0.00901. The predicted molar refractivity (Wildman–Crippen MR) is 121 cm³/mol. The van der Waals surface area contributed by atoms with Crippen LogP contribution in [0.5, 0.6) is 0 Å². The first-order valence-corrected chi connectivity index (χ1v) is 10.2. The Morgan fingerprint density at radius 1 is 1.00 bits per heavy atom. The van der Waals surface area contributed by atoms with Crippen molar-refractivity contribution in [2.24, 2.45) is 0 Å². The molecule has 0 radical (unpaired) electrons. The molecule has 2 amide bonds. The molecule has 156 valence electrons. The van der Waals surface area contributed by atoms with Crippen molar-refractivity contribution in [2.45, 2.75) is 34.1 Å². The van der Waals surface area contributed by atoms with E-state index in [4.69, 9.17) is 0 Å². The third-order valence-electron chi connectivity index (χ3n) is 5.42. The largest absolute Gasteiger partial charge is 0.332 e. The van der Waals surface area contributed by atoms with Crippen LogP contribution in [0.15, 0.2) is 54.6 Å². The number of anilines is 1. The first kappa shape index (κ1) is 21.4. The number of aromatic nitrogens is 1. The van der Waals surface area contributed by atoms with Gasteiger partial charge in [0.15, 0.2) is 0 Å². The van der Waals surface area contributed by atoms with Crippen LogP contribution in [0.4, 0.5) is 5.69 Å². The Labute approximate surface area is 178 Å². The molecule has 1 aromatic heterocycles. The van der Waals surface area contributed by atoms with Gasteiger partial charge in [0.2, 0.25) is 5.91 Å². The van der Waals surface area contributed by atoms with Crippen LogP contribution in [0.25, 0.3) is 5.69 Å². The van der Waals surface area contributed by atoms with Crippen molar-refractivity contribution >= 4 is 17.5 Å². The van der Waals surface area contributed by atoms with Crippen molar-refractivity contribution < 1.29 is 9.59 Å². The lowest BCUT2D eigenvalue weighted by atomic mass is 10.1. The van der Waals surface area contributed by atoms with Crippen molar-refractivity contribution in [3.63, 3.8) is 0 Å². The van der Waals surface area contributed by atoms with Crippen LogP contribution in [0.2, 0.25) is 0 Å². The van der Waals surface area contributed by atoms with Crippen LogP contribution in [-0.2, 0) is 11.2 Å². The molecule has 1 N–H and O–H groups in total. The Kier molecular flexibility index (Phi) is 6.40. The zero-order valence-corrected chi connectivity index (χ0v) is 18.3. The van der Waals surface area contributed by atoms with Crippen molar-refractivity contribution in [3.05, 3.63) is 82.7 Å². The second-order valence-electron chi connectivity index (χ2n) is 7.63. The number of aryl methyl sites for hydroxylation is 3. The van der Waals surface area contributed by atoms with E-state index in [1.165, 1.54) is 4.90 Å². The highest BCUT2D eigenvalue weighted by Gasteiger charge is 2.22. The lowest BCUT2D eigenvalue weighted by Gasteiger charge is -2.18. The van der Waals surface area contributed by atoms with Crippen molar-refractivity contribution in [3.8, 4) is 5.69 Å². The molecule has 0 aliphatic carbocycles. The number of amides is 2. The topological polar surface area (TPSA) is 54.3 Å². The summed E-state index contributed by atoms with van der Waals surface area (Å²) in [5.74, 6) is -0.374. The zero-order valence-electron chi connectivity index (χ0n) is 18.3. The summed E-state index contributed by atoms with van der Waals surface area (Å²) in [6, 6.07) is 17.7. The molecule has 0 unspecified atom stereocenters. The minimum Gasteiger partial charge on any atom is -0.332 e. The maximum absolute atomic E-state index is 13.1. The Morgan fingerprint density at radius 3 is 2.37 bits per heavy atom. The monoisotopic (exact) mass is 403 g/mol. The van der Waals surface area contributed by atoms with E-state index in [2.05, 4.69) is 22.9 Å². The molecule has 0 bridgehead atoms. The van der Waals surface area contributed by atoms with Gasteiger partial charge in [0.1, 0.15) is 0 Å². The summed E-state index contributed by atoms with van der Waals surface area (Å²) >= 11 is 0. The van der Waals surface area contributed by atoms with E-state index < -0.39 is 0 Å². The molecule has 30 heavy (non-hydrogen) atoms. The maximum Gasteiger partial charge on any atom is 0.255 e. The number of nitrogens with one attached hydrogen (secondary N) is 1. The maximum atomic E-state index is 13.1. The molecule has 0 spiro atoms. The van der Waals surface area contributed by atoms with E-state index >= 15 is 0 Å². The molecule has 5 nitrogen and oxygen atoms in total. The van der Waals surface area contributed by atoms with Gasteiger partial charge in [-0.1, -0.05) is 43.3 Å². The molecule has 0 saturated carbocycles. The molecule has 1 heterocycles. The Balaban J connectivity index is 1.77. The molecule has 3 aromatic rings. The predicted octanol–water partition coefficient (Wildman–Crippen LogP) is 4.68. The normalized spacial score (nSPS) is 10.7. The number of para-hydroxylation sites is 2. The smallest absolute Gasteiger partial charge is 0.255 e. The summed E-state index contributed by atoms with van der Waals surface area (Å²) in [5.41, 5.74) is 6.53. The molecular weight excluding hydrogens is 374 g/mol. The molecule has 2 aromatic carbocycles. The van der Waals surface area contributed by atoms with E-state index in [9.17, 15) is 9.59 Å². The summed E-state index contributed by atoms with van der Waals surface area (Å²) in [5, 5.41) is 2.93. The molecule has 3 rings (SSSR count). The molecule has 0 fully saturated rings. The molecule has 0 atom stereocenters. The Morgan fingerprint density at radius 2 is 1.67 bits per heavy atom. The van der Waals surface area contributed by atoms with E-state index in [1.807, 2.05) is 69.3 Å². The number of carbonyl (C=O) groups is 2. The Hall–Kier alpha value is -3.34. The first-order valence-electron chi connectivity index (χ1n) is 10.2. The van der Waals surface area contributed by atoms with Gasteiger partial charge in [0, 0.05) is 29.8 Å². The third-order valence-corrected chi connectivity index (χ3v) is 5.42. The van der Waals surface area contributed by atoms with Gasteiger partial charge in [-0.3, -0.25) is 9.59 Å². The third kappa shape index (κ3) is 4.30. The summed E-state index contributed by atoms with van der Waals surface area (Å²) in [7, 11) is 1.66. The second-order valence-corrected chi connectivity index (χ2v) is 7.63. The number of benzene rings is 2. The SMILES string of the molecule is CCc1ccccc1NC(=O)CN(C)C(=O)c1cc(C)n(-c2ccccc2C)c1C. The summed E-state index contributed by atoms with van der Waals surface area (Å²) in [6.07, 6.45) is 0.829. The fraction of sp³-hybridized carbons (Fsp3) is 0.280. The van der Waals surface area contributed by atoms with Gasteiger partial charge < -0.3 is 14.8 Å². The van der Waals surface area contributed by atoms with Crippen LogP contribution in [0.3, 0.4) is 0 Å². The fourth-order valence-corrected chi connectivity index (χ4v) is 3.80. The number of carbonyl (C=O) groups excluding carboxylic acids is 2. The summed E-state index contributed by atoms with van der Waals surface area (Å²) in [6.45, 7) is 8.03. The standard InChI is InChI=1S/C25H29N3O2/c1-6-20-12-8-9-13-22(20)26-24(29)16-27(5)25(30)21-15-18(3)28(19(21)4)23-14-10-7-11-17(23)2/h7-15H,6,16H2,1-5H3,(H,26,29). The van der Waals surface area contributed by atoms with Gasteiger partial charge in [-0.05, 0) is 56.5 Å². The van der Waals surface area contributed by atoms with E-state index in [0.29, 0.717) is 5.56 Å². The quantitative estimate of drug-likeness (QED) is 0.650. The highest BCUT2D eigenvalue weighted by Crippen LogP contribution is 2.24.